The SMILES string of the molecule is N#Cc1ccc(OCC(=O)NC(Cc2ccccc2)c2nc3ccccc3[nH]2)cc1. The zero-order valence-electron chi connectivity index (χ0n) is 16.2. The first-order chi connectivity index (χ1) is 14.7. The van der Waals surface area contributed by atoms with Crippen molar-refractivity contribution in [1.82, 2.24) is 15.3 Å². The van der Waals surface area contributed by atoms with Crippen molar-refractivity contribution in [3.05, 3.63) is 95.8 Å². The highest BCUT2D eigenvalue weighted by molar-refractivity contribution is 5.78. The molecule has 0 bridgehead atoms. The predicted molar refractivity (Wildman–Crippen MR) is 114 cm³/mol. The average molecular weight is 396 g/mol. The van der Waals surface area contributed by atoms with Crippen LogP contribution in [0.4, 0.5) is 0 Å². The normalized spacial score (nSPS) is 11.6. The summed E-state index contributed by atoms with van der Waals surface area (Å²) >= 11 is 0. The standard InChI is InChI=1S/C24H20N4O2/c25-15-18-10-12-19(13-11-18)30-16-23(29)26-22(14-17-6-2-1-3-7-17)24-27-20-8-4-5-9-21(20)28-24/h1-13,22H,14,16H2,(H,26,29)(H,27,28). The number of benzene rings is 3. The molecular weight excluding hydrogens is 376 g/mol. The molecule has 0 saturated heterocycles. The first kappa shape index (κ1) is 19.2. The van der Waals surface area contributed by atoms with Gasteiger partial charge in [0.15, 0.2) is 6.61 Å². The number of nitrogens with zero attached hydrogens (tertiary/aromatic N) is 2. The number of fused-ring (bicyclic) bond motifs is 1. The highest BCUT2D eigenvalue weighted by Gasteiger charge is 2.19. The number of carbonyl (C=O) groups is 1. The predicted octanol–water partition coefficient (Wildman–Crippen LogP) is 3.91. The molecule has 0 spiro atoms. The Labute approximate surface area is 174 Å². The number of amides is 1. The van der Waals surface area contributed by atoms with Gasteiger partial charge in [-0.05, 0) is 48.4 Å². The lowest BCUT2D eigenvalue weighted by molar-refractivity contribution is -0.123. The van der Waals surface area contributed by atoms with Crippen molar-refractivity contribution in [2.75, 3.05) is 6.61 Å². The van der Waals surface area contributed by atoms with Crippen LogP contribution in [0.1, 0.15) is 23.0 Å². The molecule has 0 radical (unpaired) electrons. The number of ether oxygens (including phenoxy) is 1. The largest absolute Gasteiger partial charge is 0.484 e. The maximum absolute atomic E-state index is 12.6. The third kappa shape index (κ3) is 4.65. The zero-order chi connectivity index (χ0) is 20.8. The zero-order valence-corrected chi connectivity index (χ0v) is 16.2. The quantitative estimate of drug-likeness (QED) is 0.495. The van der Waals surface area contributed by atoms with Crippen LogP contribution in [0.2, 0.25) is 0 Å². The summed E-state index contributed by atoms with van der Waals surface area (Å²) < 4.78 is 5.56. The molecule has 2 N–H and O–H groups in total. The van der Waals surface area contributed by atoms with E-state index in [1.54, 1.807) is 24.3 Å². The van der Waals surface area contributed by atoms with Gasteiger partial charge in [0, 0.05) is 0 Å². The fraction of sp³-hybridized carbons (Fsp3) is 0.125. The van der Waals surface area contributed by atoms with Gasteiger partial charge in [0.1, 0.15) is 11.6 Å². The monoisotopic (exact) mass is 396 g/mol. The van der Waals surface area contributed by atoms with E-state index in [-0.39, 0.29) is 18.6 Å². The van der Waals surface area contributed by atoms with Crippen molar-refractivity contribution >= 4 is 16.9 Å². The van der Waals surface area contributed by atoms with E-state index in [9.17, 15) is 4.79 Å². The van der Waals surface area contributed by atoms with Gasteiger partial charge in [-0.3, -0.25) is 4.79 Å². The molecule has 30 heavy (non-hydrogen) atoms. The third-order valence-electron chi connectivity index (χ3n) is 4.71. The van der Waals surface area contributed by atoms with Crippen molar-refractivity contribution in [3.63, 3.8) is 0 Å². The van der Waals surface area contributed by atoms with Crippen molar-refractivity contribution in [1.29, 1.82) is 5.26 Å². The minimum absolute atomic E-state index is 0.128. The van der Waals surface area contributed by atoms with Crippen LogP contribution in [0.5, 0.6) is 5.75 Å². The average Bonchev–Trinajstić information content (AvgIpc) is 3.23. The van der Waals surface area contributed by atoms with E-state index in [4.69, 9.17) is 10.00 Å². The first-order valence-corrected chi connectivity index (χ1v) is 9.62. The number of rotatable bonds is 7. The summed E-state index contributed by atoms with van der Waals surface area (Å²) in [5.41, 5.74) is 3.41. The number of H-pyrrole nitrogens is 1. The van der Waals surface area contributed by atoms with Crippen LogP contribution in [0.25, 0.3) is 11.0 Å². The van der Waals surface area contributed by atoms with Crippen LogP contribution in [-0.2, 0) is 11.2 Å². The van der Waals surface area contributed by atoms with Crippen LogP contribution in [0.15, 0.2) is 78.9 Å². The van der Waals surface area contributed by atoms with Gasteiger partial charge in [0.2, 0.25) is 0 Å². The lowest BCUT2D eigenvalue weighted by Gasteiger charge is -2.17. The third-order valence-corrected chi connectivity index (χ3v) is 4.71. The Morgan fingerprint density at radius 1 is 1.03 bits per heavy atom. The molecule has 0 aliphatic rings. The molecule has 6 nitrogen and oxygen atoms in total. The molecule has 1 amide bonds. The minimum atomic E-state index is -0.322. The lowest BCUT2D eigenvalue weighted by Crippen LogP contribution is -2.34. The van der Waals surface area contributed by atoms with Crippen LogP contribution in [0.3, 0.4) is 0 Å². The molecule has 1 unspecified atom stereocenters. The van der Waals surface area contributed by atoms with Crippen molar-refractivity contribution in [2.24, 2.45) is 0 Å². The molecule has 1 aromatic heterocycles. The van der Waals surface area contributed by atoms with Gasteiger partial charge in [0.25, 0.3) is 5.91 Å². The second-order valence-corrected chi connectivity index (χ2v) is 6.87. The fourth-order valence-electron chi connectivity index (χ4n) is 3.21. The first-order valence-electron chi connectivity index (χ1n) is 9.62. The van der Waals surface area contributed by atoms with Crippen LogP contribution < -0.4 is 10.1 Å². The molecule has 0 saturated carbocycles. The molecule has 1 heterocycles. The molecule has 1 atom stereocenters. The van der Waals surface area contributed by atoms with Crippen LogP contribution in [-0.4, -0.2) is 22.5 Å². The molecule has 4 rings (SSSR count). The summed E-state index contributed by atoms with van der Waals surface area (Å²) in [7, 11) is 0. The molecule has 3 aromatic carbocycles. The molecule has 0 aliphatic heterocycles. The second kappa shape index (κ2) is 8.93. The smallest absolute Gasteiger partial charge is 0.258 e. The van der Waals surface area contributed by atoms with Gasteiger partial charge in [-0.2, -0.15) is 5.26 Å². The van der Waals surface area contributed by atoms with Gasteiger partial charge >= 0.3 is 0 Å². The Hall–Kier alpha value is -4.11. The van der Waals surface area contributed by atoms with E-state index in [1.807, 2.05) is 54.6 Å². The van der Waals surface area contributed by atoms with E-state index in [2.05, 4.69) is 21.4 Å². The number of nitrogens with one attached hydrogen (secondary N) is 2. The van der Waals surface area contributed by atoms with Gasteiger partial charge in [-0.1, -0.05) is 42.5 Å². The van der Waals surface area contributed by atoms with Gasteiger partial charge in [0.05, 0.1) is 28.7 Å². The number of hydrogen-bond acceptors (Lipinski definition) is 4. The second-order valence-electron chi connectivity index (χ2n) is 6.87. The Balaban J connectivity index is 1.48. The fourth-order valence-corrected chi connectivity index (χ4v) is 3.21. The number of nitriles is 1. The maximum Gasteiger partial charge on any atom is 0.258 e. The molecule has 148 valence electrons. The lowest BCUT2D eigenvalue weighted by atomic mass is 10.1. The summed E-state index contributed by atoms with van der Waals surface area (Å²) in [6.07, 6.45) is 0.600. The van der Waals surface area contributed by atoms with Crippen molar-refractivity contribution in [2.45, 2.75) is 12.5 Å². The Morgan fingerprint density at radius 2 is 1.77 bits per heavy atom. The van der Waals surface area contributed by atoms with Gasteiger partial charge in [-0.15, -0.1) is 0 Å². The Bertz CT molecular complexity index is 1140. The molecular formula is C24H20N4O2. The summed E-state index contributed by atoms with van der Waals surface area (Å²) in [4.78, 5) is 20.6. The number of carbonyl (C=O) groups excluding carboxylic acids is 1. The molecule has 0 fully saturated rings. The van der Waals surface area contributed by atoms with Gasteiger partial charge < -0.3 is 15.0 Å². The van der Waals surface area contributed by atoms with Crippen molar-refractivity contribution < 1.29 is 9.53 Å². The maximum atomic E-state index is 12.6. The summed E-state index contributed by atoms with van der Waals surface area (Å²) in [5.74, 6) is 0.986. The summed E-state index contributed by atoms with van der Waals surface area (Å²) in [6, 6.07) is 26.1. The van der Waals surface area contributed by atoms with Gasteiger partial charge in [-0.25, -0.2) is 4.98 Å². The number of aromatic nitrogens is 2. The molecule has 6 heteroatoms. The highest BCUT2D eigenvalue weighted by Crippen LogP contribution is 2.20. The summed E-state index contributed by atoms with van der Waals surface area (Å²) in [5, 5.41) is 11.9. The minimum Gasteiger partial charge on any atom is -0.484 e. The molecule has 0 aliphatic carbocycles. The molecule has 4 aromatic rings. The highest BCUT2D eigenvalue weighted by atomic mass is 16.5. The Kier molecular flexibility index (Phi) is 5.72. The topological polar surface area (TPSA) is 90.8 Å². The number of hydrogen-bond donors (Lipinski definition) is 2. The van der Waals surface area contributed by atoms with E-state index >= 15 is 0 Å². The summed E-state index contributed by atoms with van der Waals surface area (Å²) in [6.45, 7) is -0.128. The number of para-hydroxylation sites is 2. The van der Waals surface area contributed by atoms with E-state index in [1.165, 1.54) is 0 Å². The van der Waals surface area contributed by atoms with E-state index in [0.29, 0.717) is 23.6 Å². The van der Waals surface area contributed by atoms with E-state index < -0.39 is 0 Å². The van der Waals surface area contributed by atoms with Crippen LogP contribution >= 0.6 is 0 Å². The Morgan fingerprint density at radius 3 is 2.50 bits per heavy atom. The number of aromatic amines is 1. The number of imidazole rings is 1. The van der Waals surface area contributed by atoms with Crippen LogP contribution in [0, 0.1) is 11.3 Å². The van der Waals surface area contributed by atoms with Crippen molar-refractivity contribution in [3.8, 4) is 11.8 Å². The van der Waals surface area contributed by atoms with E-state index in [0.717, 1.165) is 16.6 Å².